The predicted molar refractivity (Wildman–Crippen MR) is 92.6 cm³/mol. The first-order chi connectivity index (χ1) is 11.1. The average molecular weight is 372 g/mol. The Labute approximate surface area is 148 Å². The molecule has 2 aromatic rings. The van der Waals surface area contributed by atoms with Crippen LogP contribution in [-0.2, 0) is 11.3 Å². The van der Waals surface area contributed by atoms with Gasteiger partial charge in [-0.1, -0.05) is 29.3 Å². The molecule has 5 nitrogen and oxygen atoms in total. The van der Waals surface area contributed by atoms with Crippen LogP contribution in [-0.4, -0.2) is 42.1 Å². The summed E-state index contributed by atoms with van der Waals surface area (Å²) in [5, 5.41) is 6.17. The number of carbonyl (C=O) groups excluding carboxylic acids is 1. The Morgan fingerprint density at radius 1 is 1.30 bits per heavy atom. The molecule has 1 aromatic heterocycles. The van der Waals surface area contributed by atoms with Gasteiger partial charge in [-0.3, -0.25) is 9.69 Å². The molecule has 2 heterocycles. The van der Waals surface area contributed by atoms with Crippen molar-refractivity contribution in [1.82, 2.24) is 9.88 Å². The second-order valence-corrected chi connectivity index (χ2v) is 6.82. The third kappa shape index (κ3) is 4.22. The highest BCUT2D eigenvalue weighted by atomic mass is 35.5. The lowest BCUT2D eigenvalue weighted by Crippen LogP contribution is -2.35. The number of morpholine rings is 1. The Morgan fingerprint density at radius 3 is 2.70 bits per heavy atom. The summed E-state index contributed by atoms with van der Waals surface area (Å²) in [6.07, 6.45) is 0. The van der Waals surface area contributed by atoms with Crippen molar-refractivity contribution in [2.75, 3.05) is 31.6 Å². The van der Waals surface area contributed by atoms with Crippen LogP contribution in [0.3, 0.4) is 0 Å². The molecule has 0 aliphatic carbocycles. The second kappa shape index (κ2) is 7.59. The Balaban J connectivity index is 1.66. The number of rotatable bonds is 4. The molecular formula is C15H15Cl2N3O2S. The van der Waals surface area contributed by atoms with E-state index in [4.69, 9.17) is 27.9 Å². The average Bonchev–Trinajstić information content (AvgIpc) is 3.00. The topological polar surface area (TPSA) is 54.5 Å². The summed E-state index contributed by atoms with van der Waals surface area (Å²) in [5.74, 6) is -0.315. The molecule has 3 rings (SSSR count). The van der Waals surface area contributed by atoms with Crippen LogP contribution in [0.4, 0.5) is 5.69 Å². The number of thiazole rings is 1. The first kappa shape index (κ1) is 16.7. The number of nitrogens with one attached hydrogen (secondary N) is 1. The number of hydrogen-bond donors (Lipinski definition) is 1. The number of anilines is 1. The minimum atomic E-state index is -0.315. The molecule has 1 fully saturated rings. The number of amides is 1. The van der Waals surface area contributed by atoms with Gasteiger partial charge < -0.3 is 10.1 Å². The second-order valence-electron chi connectivity index (χ2n) is 5.07. The van der Waals surface area contributed by atoms with Crippen molar-refractivity contribution < 1.29 is 9.53 Å². The van der Waals surface area contributed by atoms with E-state index in [0.29, 0.717) is 21.4 Å². The van der Waals surface area contributed by atoms with Crippen molar-refractivity contribution in [2.45, 2.75) is 6.54 Å². The number of hydrogen-bond acceptors (Lipinski definition) is 5. The van der Waals surface area contributed by atoms with Crippen LogP contribution in [0.25, 0.3) is 0 Å². The molecule has 0 saturated carbocycles. The van der Waals surface area contributed by atoms with Crippen molar-refractivity contribution >= 4 is 46.1 Å². The largest absolute Gasteiger partial charge is 0.379 e. The molecule has 1 saturated heterocycles. The SMILES string of the molecule is O=C(Nc1c(Cl)cccc1Cl)c1csc(CN2CCOCC2)n1. The van der Waals surface area contributed by atoms with E-state index in [-0.39, 0.29) is 5.91 Å². The first-order valence-electron chi connectivity index (χ1n) is 7.13. The molecule has 0 atom stereocenters. The Hall–Kier alpha value is -1.18. The van der Waals surface area contributed by atoms with E-state index in [2.05, 4.69) is 15.2 Å². The molecular weight excluding hydrogens is 357 g/mol. The van der Waals surface area contributed by atoms with Gasteiger partial charge in [0.1, 0.15) is 10.7 Å². The van der Waals surface area contributed by atoms with E-state index < -0.39 is 0 Å². The Morgan fingerprint density at radius 2 is 2.00 bits per heavy atom. The van der Waals surface area contributed by atoms with Gasteiger partial charge in [-0.15, -0.1) is 11.3 Å². The number of nitrogens with zero attached hydrogens (tertiary/aromatic N) is 2. The monoisotopic (exact) mass is 371 g/mol. The van der Waals surface area contributed by atoms with E-state index in [1.165, 1.54) is 11.3 Å². The van der Waals surface area contributed by atoms with Crippen molar-refractivity contribution in [3.8, 4) is 0 Å². The molecule has 1 aliphatic heterocycles. The minimum absolute atomic E-state index is 0.315. The summed E-state index contributed by atoms with van der Waals surface area (Å²) >= 11 is 13.6. The molecule has 1 amide bonds. The van der Waals surface area contributed by atoms with Gasteiger partial charge in [0.25, 0.3) is 5.91 Å². The van der Waals surface area contributed by atoms with Gasteiger partial charge in [-0.2, -0.15) is 0 Å². The van der Waals surface area contributed by atoms with Crippen molar-refractivity contribution in [1.29, 1.82) is 0 Å². The third-order valence-corrected chi connectivity index (χ3v) is 4.91. The molecule has 0 radical (unpaired) electrons. The molecule has 0 bridgehead atoms. The van der Waals surface area contributed by atoms with Crippen LogP contribution in [0.15, 0.2) is 23.6 Å². The molecule has 0 spiro atoms. The molecule has 0 unspecified atom stereocenters. The van der Waals surface area contributed by atoms with Crippen LogP contribution >= 0.6 is 34.5 Å². The third-order valence-electron chi connectivity index (χ3n) is 3.45. The van der Waals surface area contributed by atoms with E-state index in [0.717, 1.165) is 37.9 Å². The van der Waals surface area contributed by atoms with Crippen molar-refractivity contribution in [3.63, 3.8) is 0 Å². The van der Waals surface area contributed by atoms with Crippen molar-refractivity contribution in [2.24, 2.45) is 0 Å². The van der Waals surface area contributed by atoms with Crippen LogP contribution in [0.5, 0.6) is 0 Å². The maximum atomic E-state index is 12.3. The number of halogens is 2. The highest BCUT2D eigenvalue weighted by Crippen LogP contribution is 2.30. The fourth-order valence-electron chi connectivity index (χ4n) is 2.23. The minimum Gasteiger partial charge on any atom is -0.379 e. The van der Waals surface area contributed by atoms with E-state index in [1.807, 2.05) is 0 Å². The van der Waals surface area contributed by atoms with Gasteiger partial charge >= 0.3 is 0 Å². The number of ether oxygens (including phenoxy) is 1. The highest BCUT2D eigenvalue weighted by molar-refractivity contribution is 7.09. The Bertz CT molecular complexity index is 682. The number of para-hydroxylation sites is 1. The molecule has 8 heteroatoms. The fourth-order valence-corrected chi connectivity index (χ4v) is 3.54. The van der Waals surface area contributed by atoms with Crippen LogP contribution in [0.2, 0.25) is 10.0 Å². The quantitative estimate of drug-likeness (QED) is 0.892. The normalized spacial score (nSPS) is 15.6. The van der Waals surface area contributed by atoms with Gasteiger partial charge in [0, 0.05) is 18.5 Å². The summed E-state index contributed by atoms with van der Waals surface area (Å²) in [6.45, 7) is 3.98. The smallest absolute Gasteiger partial charge is 0.275 e. The summed E-state index contributed by atoms with van der Waals surface area (Å²) in [4.78, 5) is 19.0. The zero-order valence-electron chi connectivity index (χ0n) is 12.2. The van der Waals surface area contributed by atoms with Gasteiger partial charge in [0.05, 0.1) is 35.5 Å². The van der Waals surface area contributed by atoms with Crippen LogP contribution in [0.1, 0.15) is 15.5 Å². The van der Waals surface area contributed by atoms with Gasteiger partial charge in [0.2, 0.25) is 0 Å². The van der Waals surface area contributed by atoms with Gasteiger partial charge in [-0.05, 0) is 12.1 Å². The lowest BCUT2D eigenvalue weighted by molar-refractivity contribution is 0.0341. The van der Waals surface area contributed by atoms with Gasteiger partial charge in [0.15, 0.2) is 0 Å². The summed E-state index contributed by atoms with van der Waals surface area (Å²) < 4.78 is 5.32. The highest BCUT2D eigenvalue weighted by Gasteiger charge is 2.17. The zero-order valence-corrected chi connectivity index (χ0v) is 14.5. The molecule has 1 N–H and O–H groups in total. The van der Waals surface area contributed by atoms with E-state index in [9.17, 15) is 4.79 Å². The van der Waals surface area contributed by atoms with E-state index in [1.54, 1.807) is 23.6 Å². The zero-order chi connectivity index (χ0) is 16.2. The Kier molecular flexibility index (Phi) is 5.50. The molecule has 1 aromatic carbocycles. The maximum Gasteiger partial charge on any atom is 0.275 e. The standard InChI is InChI=1S/C15H15Cl2N3O2S/c16-10-2-1-3-11(17)14(10)19-15(21)12-9-23-13(18-12)8-20-4-6-22-7-5-20/h1-3,9H,4-8H2,(H,19,21). The van der Waals surface area contributed by atoms with E-state index >= 15 is 0 Å². The summed E-state index contributed by atoms with van der Waals surface area (Å²) in [6, 6.07) is 5.07. The lowest BCUT2D eigenvalue weighted by Gasteiger charge is -2.25. The number of aromatic nitrogens is 1. The molecule has 122 valence electrons. The summed E-state index contributed by atoms with van der Waals surface area (Å²) in [7, 11) is 0. The van der Waals surface area contributed by atoms with Crippen LogP contribution in [0, 0.1) is 0 Å². The first-order valence-corrected chi connectivity index (χ1v) is 8.77. The summed E-state index contributed by atoms with van der Waals surface area (Å²) in [5.41, 5.74) is 0.776. The van der Waals surface area contributed by atoms with Crippen molar-refractivity contribution in [3.05, 3.63) is 44.3 Å². The number of benzene rings is 1. The lowest BCUT2D eigenvalue weighted by atomic mass is 10.3. The molecule has 1 aliphatic rings. The van der Waals surface area contributed by atoms with Gasteiger partial charge in [-0.25, -0.2) is 4.98 Å². The number of carbonyl (C=O) groups is 1. The maximum absolute atomic E-state index is 12.3. The van der Waals surface area contributed by atoms with Crippen LogP contribution < -0.4 is 5.32 Å². The predicted octanol–water partition coefficient (Wildman–Crippen LogP) is 3.53. The fraction of sp³-hybridized carbons (Fsp3) is 0.333. The molecule has 23 heavy (non-hydrogen) atoms.